The van der Waals surface area contributed by atoms with Gasteiger partial charge in [0.2, 0.25) is 0 Å². The average molecular weight is 421 g/mol. The third-order valence-corrected chi connectivity index (χ3v) is 4.97. The summed E-state index contributed by atoms with van der Waals surface area (Å²) >= 11 is 12.4. The van der Waals surface area contributed by atoms with E-state index in [1.54, 1.807) is 12.1 Å². The number of hydrogen-bond acceptors (Lipinski definition) is 3. The first-order valence-electron chi connectivity index (χ1n) is 9.11. The van der Waals surface area contributed by atoms with Gasteiger partial charge in [0.25, 0.3) is 0 Å². The molecule has 148 valence electrons. The molecule has 0 radical (unpaired) electrons. The molecule has 0 unspecified atom stereocenters. The van der Waals surface area contributed by atoms with Gasteiger partial charge in [-0.2, -0.15) is 0 Å². The summed E-state index contributed by atoms with van der Waals surface area (Å²) in [6.45, 7) is 2.80. The van der Waals surface area contributed by atoms with Crippen LogP contribution in [0, 0.1) is 0 Å². The number of aliphatic carboxylic acids is 1. The number of fused-ring (bicyclic) bond motifs is 1. The van der Waals surface area contributed by atoms with Crippen molar-refractivity contribution in [3.63, 3.8) is 0 Å². The number of carboxylic acids is 1. The molecular formula is C21H22Cl2N2O3. The number of nitrogens with one attached hydrogen (secondary N) is 2. The molecule has 3 N–H and O–H groups in total. The molecule has 1 aromatic heterocycles. The third kappa shape index (κ3) is 4.79. The lowest BCUT2D eigenvalue weighted by atomic mass is 10.0. The summed E-state index contributed by atoms with van der Waals surface area (Å²) < 4.78 is 5.75. The highest BCUT2D eigenvalue weighted by Gasteiger charge is 2.20. The molecule has 2 aromatic carbocycles. The Morgan fingerprint density at radius 3 is 2.79 bits per heavy atom. The van der Waals surface area contributed by atoms with E-state index in [1.165, 1.54) is 0 Å². The Kier molecular flexibility index (Phi) is 6.83. The number of hydrogen-bond donors (Lipinski definition) is 3. The first kappa shape index (κ1) is 20.5. The standard InChI is InChI=1S/C21H22Cl2N2O3/c1-2-7-28-20-14(8-15(22)10-17(20)23)12-25-19(21(26)27)9-13-11-24-18-6-4-3-5-16(13)18/h3-6,8,10-11,19,24-25H,2,7,9,12H2,1H3,(H,26,27)/t19-/m1/s1. The summed E-state index contributed by atoms with van der Waals surface area (Å²) in [5.41, 5.74) is 2.66. The Hall–Kier alpha value is -2.21. The summed E-state index contributed by atoms with van der Waals surface area (Å²) in [7, 11) is 0. The maximum Gasteiger partial charge on any atom is 0.321 e. The third-order valence-electron chi connectivity index (χ3n) is 4.47. The van der Waals surface area contributed by atoms with Crippen molar-refractivity contribution in [2.75, 3.05) is 6.61 Å². The van der Waals surface area contributed by atoms with E-state index < -0.39 is 12.0 Å². The van der Waals surface area contributed by atoms with Gasteiger partial charge in [0.1, 0.15) is 11.8 Å². The lowest BCUT2D eigenvalue weighted by Crippen LogP contribution is -2.38. The summed E-state index contributed by atoms with van der Waals surface area (Å²) in [6, 6.07) is 10.4. The van der Waals surface area contributed by atoms with Crippen LogP contribution in [0.25, 0.3) is 10.9 Å². The van der Waals surface area contributed by atoms with Crippen LogP contribution in [0.5, 0.6) is 5.75 Å². The molecule has 0 spiro atoms. The topological polar surface area (TPSA) is 74.3 Å². The quantitative estimate of drug-likeness (QED) is 0.452. The Morgan fingerprint density at radius 1 is 1.25 bits per heavy atom. The van der Waals surface area contributed by atoms with Crippen molar-refractivity contribution in [3.8, 4) is 5.75 Å². The zero-order chi connectivity index (χ0) is 20.1. The lowest BCUT2D eigenvalue weighted by molar-refractivity contribution is -0.139. The van der Waals surface area contributed by atoms with E-state index in [9.17, 15) is 9.90 Å². The highest BCUT2D eigenvalue weighted by Crippen LogP contribution is 2.32. The van der Waals surface area contributed by atoms with Gasteiger partial charge < -0.3 is 14.8 Å². The van der Waals surface area contributed by atoms with Gasteiger partial charge in [0, 0.05) is 40.7 Å². The van der Waals surface area contributed by atoms with Gasteiger partial charge in [-0.25, -0.2) is 0 Å². The zero-order valence-corrected chi connectivity index (χ0v) is 17.0. The molecule has 0 saturated heterocycles. The molecular weight excluding hydrogens is 399 g/mol. The summed E-state index contributed by atoms with van der Waals surface area (Å²) in [5.74, 6) is -0.383. The minimum Gasteiger partial charge on any atom is -0.492 e. The van der Waals surface area contributed by atoms with Crippen molar-refractivity contribution < 1.29 is 14.6 Å². The van der Waals surface area contributed by atoms with Gasteiger partial charge in [0.15, 0.2) is 0 Å². The van der Waals surface area contributed by atoms with Gasteiger partial charge in [-0.05, 0) is 30.2 Å². The van der Waals surface area contributed by atoms with Crippen molar-refractivity contribution >= 4 is 40.1 Å². The van der Waals surface area contributed by atoms with E-state index in [0.717, 1.165) is 28.5 Å². The molecule has 0 aliphatic rings. The molecule has 0 bridgehead atoms. The minimum absolute atomic E-state index is 0.276. The van der Waals surface area contributed by atoms with E-state index >= 15 is 0 Å². The zero-order valence-electron chi connectivity index (χ0n) is 15.5. The van der Waals surface area contributed by atoms with Crippen LogP contribution in [0.15, 0.2) is 42.6 Å². The van der Waals surface area contributed by atoms with Crippen molar-refractivity contribution in [1.29, 1.82) is 0 Å². The molecule has 28 heavy (non-hydrogen) atoms. The maximum atomic E-state index is 11.8. The minimum atomic E-state index is -0.922. The Bertz CT molecular complexity index is 971. The summed E-state index contributed by atoms with van der Waals surface area (Å²) in [5, 5.41) is 14.7. The molecule has 3 rings (SSSR count). The Labute approximate surface area is 173 Å². The molecule has 7 heteroatoms. The fourth-order valence-corrected chi connectivity index (χ4v) is 3.70. The number of halogens is 2. The molecule has 5 nitrogen and oxygen atoms in total. The summed E-state index contributed by atoms with van der Waals surface area (Å²) in [6.07, 6.45) is 3.04. The fourth-order valence-electron chi connectivity index (χ4n) is 3.11. The SMILES string of the molecule is CCCOc1c(Cl)cc(Cl)cc1CN[C@H](Cc1c[nH]c2ccccc12)C(=O)O. The average Bonchev–Trinajstić information content (AvgIpc) is 3.07. The number of aromatic nitrogens is 1. The smallest absolute Gasteiger partial charge is 0.321 e. The summed E-state index contributed by atoms with van der Waals surface area (Å²) in [4.78, 5) is 15.0. The van der Waals surface area contributed by atoms with Gasteiger partial charge in [0.05, 0.1) is 11.6 Å². The van der Waals surface area contributed by atoms with Crippen LogP contribution in [-0.4, -0.2) is 28.7 Å². The predicted molar refractivity (Wildman–Crippen MR) is 113 cm³/mol. The first-order chi connectivity index (χ1) is 13.5. The van der Waals surface area contributed by atoms with Gasteiger partial charge in [-0.1, -0.05) is 48.3 Å². The van der Waals surface area contributed by atoms with Gasteiger partial charge >= 0.3 is 5.97 Å². The molecule has 0 fully saturated rings. The number of rotatable bonds is 9. The van der Waals surface area contributed by atoms with E-state index in [4.69, 9.17) is 27.9 Å². The van der Waals surface area contributed by atoms with Crippen molar-refractivity contribution in [2.45, 2.75) is 32.4 Å². The second kappa shape index (κ2) is 9.32. The maximum absolute atomic E-state index is 11.8. The highest BCUT2D eigenvalue weighted by molar-refractivity contribution is 6.35. The predicted octanol–water partition coefficient (Wildman–Crippen LogP) is 5.05. The van der Waals surface area contributed by atoms with E-state index in [0.29, 0.717) is 28.8 Å². The number of aromatic amines is 1. The largest absolute Gasteiger partial charge is 0.492 e. The second-order valence-corrected chi connectivity index (χ2v) is 7.40. The first-order valence-corrected chi connectivity index (χ1v) is 9.87. The van der Waals surface area contributed by atoms with Crippen molar-refractivity contribution in [1.82, 2.24) is 10.3 Å². The van der Waals surface area contributed by atoms with Crippen LogP contribution in [0.4, 0.5) is 0 Å². The van der Waals surface area contributed by atoms with Crippen LogP contribution < -0.4 is 10.1 Å². The molecule has 0 aliphatic heterocycles. The molecule has 3 aromatic rings. The van der Waals surface area contributed by atoms with Crippen molar-refractivity contribution in [2.24, 2.45) is 0 Å². The van der Waals surface area contributed by atoms with E-state index in [2.05, 4.69) is 10.3 Å². The van der Waals surface area contributed by atoms with Crippen LogP contribution in [0.2, 0.25) is 10.0 Å². The number of benzene rings is 2. The fraction of sp³-hybridized carbons (Fsp3) is 0.286. The number of para-hydroxylation sites is 1. The number of H-pyrrole nitrogens is 1. The number of ether oxygens (including phenoxy) is 1. The molecule has 0 saturated carbocycles. The van der Waals surface area contributed by atoms with E-state index in [1.807, 2.05) is 37.4 Å². The van der Waals surface area contributed by atoms with Gasteiger partial charge in [-0.3, -0.25) is 10.1 Å². The van der Waals surface area contributed by atoms with E-state index in [-0.39, 0.29) is 6.54 Å². The molecule has 0 amide bonds. The van der Waals surface area contributed by atoms with Crippen LogP contribution in [0.3, 0.4) is 0 Å². The van der Waals surface area contributed by atoms with Crippen LogP contribution in [0.1, 0.15) is 24.5 Å². The normalized spacial score (nSPS) is 12.2. The molecule has 0 aliphatic carbocycles. The Balaban J connectivity index is 1.78. The van der Waals surface area contributed by atoms with Crippen LogP contribution >= 0.6 is 23.2 Å². The number of carbonyl (C=O) groups is 1. The molecule has 1 atom stereocenters. The number of carboxylic acid groups (broad SMARTS) is 1. The molecule has 1 heterocycles. The highest BCUT2D eigenvalue weighted by atomic mass is 35.5. The second-order valence-electron chi connectivity index (χ2n) is 6.56. The van der Waals surface area contributed by atoms with Gasteiger partial charge in [-0.15, -0.1) is 0 Å². The lowest BCUT2D eigenvalue weighted by Gasteiger charge is -2.17. The van der Waals surface area contributed by atoms with Crippen LogP contribution in [-0.2, 0) is 17.8 Å². The Morgan fingerprint density at radius 2 is 2.04 bits per heavy atom. The monoisotopic (exact) mass is 420 g/mol. The van der Waals surface area contributed by atoms with Crippen molar-refractivity contribution in [3.05, 3.63) is 63.8 Å².